The van der Waals surface area contributed by atoms with Gasteiger partial charge in [-0.2, -0.15) is 0 Å². The molecule has 0 atom stereocenters. The van der Waals surface area contributed by atoms with E-state index in [1.807, 2.05) is 26.0 Å². The number of hydrogen-bond acceptors (Lipinski definition) is 5. The number of aryl methyl sites for hydroxylation is 2. The van der Waals surface area contributed by atoms with E-state index in [4.69, 9.17) is 11.6 Å². The molecular weight excluding hydrogens is 464 g/mol. The first-order valence-electron chi connectivity index (χ1n) is 9.81. The molecule has 0 aliphatic carbocycles. The highest BCUT2D eigenvalue weighted by Crippen LogP contribution is 2.37. The highest BCUT2D eigenvalue weighted by atomic mass is 35.5. The van der Waals surface area contributed by atoms with Gasteiger partial charge >= 0.3 is 0 Å². The summed E-state index contributed by atoms with van der Waals surface area (Å²) >= 11 is 6.03. The third-order valence-corrected chi connectivity index (χ3v) is 6.65. The largest absolute Gasteiger partial charge is 0.493 e. The van der Waals surface area contributed by atoms with Gasteiger partial charge in [0.2, 0.25) is 5.88 Å². The van der Waals surface area contributed by atoms with Gasteiger partial charge in [-0.05, 0) is 55.8 Å². The summed E-state index contributed by atoms with van der Waals surface area (Å²) in [6, 6.07) is 15.6. The van der Waals surface area contributed by atoms with Crippen LogP contribution in [0.1, 0.15) is 21.5 Å². The van der Waals surface area contributed by atoms with Gasteiger partial charge in [-0.15, -0.1) is 10.2 Å². The number of benzene rings is 3. The Balaban J connectivity index is 1.63. The van der Waals surface area contributed by atoms with Crippen LogP contribution < -0.4 is 4.72 Å². The highest BCUT2D eigenvalue weighted by molar-refractivity contribution is 7.92. The van der Waals surface area contributed by atoms with Crippen LogP contribution in [-0.4, -0.2) is 24.4 Å². The van der Waals surface area contributed by atoms with Gasteiger partial charge in [-0.3, -0.25) is 9.52 Å². The molecule has 33 heavy (non-hydrogen) atoms. The number of nitrogens with one attached hydrogen (secondary N) is 2. The number of anilines is 1. The number of para-hydroxylation sites is 1. The Morgan fingerprint density at radius 3 is 2.58 bits per heavy atom. The van der Waals surface area contributed by atoms with Crippen molar-refractivity contribution in [2.75, 3.05) is 4.72 Å². The van der Waals surface area contributed by atoms with E-state index in [-0.39, 0.29) is 32.7 Å². The molecule has 0 aliphatic heterocycles. The smallest absolute Gasteiger partial charge is 0.295 e. The number of nitrogens with zero attached hydrogens (tertiary/aromatic N) is 2. The molecule has 4 aromatic rings. The summed E-state index contributed by atoms with van der Waals surface area (Å²) in [7, 11) is -4.00. The van der Waals surface area contributed by atoms with Gasteiger partial charge in [-0.1, -0.05) is 41.4 Å². The number of aromatic amines is 1. The minimum absolute atomic E-state index is 0.0208. The van der Waals surface area contributed by atoms with E-state index in [1.54, 1.807) is 18.2 Å². The van der Waals surface area contributed by atoms with Crippen LogP contribution >= 0.6 is 11.6 Å². The van der Waals surface area contributed by atoms with Crippen molar-refractivity contribution in [3.05, 3.63) is 82.4 Å². The zero-order valence-electron chi connectivity index (χ0n) is 17.6. The van der Waals surface area contributed by atoms with Gasteiger partial charge in [0, 0.05) is 10.9 Å². The zero-order valence-corrected chi connectivity index (χ0v) is 19.2. The van der Waals surface area contributed by atoms with E-state index in [2.05, 4.69) is 19.9 Å². The number of aromatic nitrogens is 1. The molecule has 1 aromatic heterocycles. The van der Waals surface area contributed by atoms with E-state index in [0.29, 0.717) is 10.9 Å². The van der Waals surface area contributed by atoms with Crippen LogP contribution in [0.4, 0.5) is 11.4 Å². The average molecular weight is 483 g/mol. The number of azo groups is 1. The number of hydrogen-bond donors (Lipinski definition) is 3. The molecule has 10 heteroatoms. The maximum atomic E-state index is 12.8. The second kappa shape index (κ2) is 8.68. The molecule has 8 nitrogen and oxygen atoms in total. The van der Waals surface area contributed by atoms with Crippen LogP contribution in [0, 0.1) is 13.8 Å². The Hall–Kier alpha value is -3.69. The van der Waals surface area contributed by atoms with E-state index >= 15 is 0 Å². The first-order valence-corrected chi connectivity index (χ1v) is 11.7. The predicted molar refractivity (Wildman–Crippen MR) is 127 cm³/mol. The molecule has 0 radical (unpaired) electrons. The Kier molecular flexibility index (Phi) is 5.92. The maximum absolute atomic E-state index is 12.8. The summed E-state index contributed by atoms with van der Waals surface area (Å²) in [5, 5.41) is 18.7. The van der Waals surface area contributed by atoms with Gasteiger partial charge < -0.3 is 10.1 Å². The lowest BCUT2D eigenvalue weighted by molar-refractivity contribution is 0.0995. The highest BCUT2D eigenvalue weighted by Gasteiger charge is 2.18. The predicted octanol–water partition coefficient (Wildman–Crippen LogP) is 5.87. The lowest BCUT2D eigenvalue weighted by Crippen LogP contribution is -2.13. The fourth-order valence-electron chi connectivity index (χ4n) is 3.42. The monoisotopic (exact) mass is 482 g/mol. The molecule has 3 N–H and O–H groups in total. The van der Waals surface area contributed by atoms with Crippen molar-refractivity contribution in [3.8, 4) is 5.88 Å². The van der Waals surface area contributed by atoms with Crippen molar-refractivity contribution in [1.29, 1.82) is 0 Å². The van der Waals surface area contributed by atoms with Crippen LogP contribution in [-0.2, 0) is 10.0 Å². The molecular formula is C23H19ClN4O4S. The molecule has 0 aliphatic rings. The number of carbonyl (C=O) groups excluding carboxylic acids is 1. The number of amides is 1. The second-order valence-electron chi connectivity index (χ2n) is 7.44. The number of halogens is 1. The number of aromatic hydroxyl groups is 1. The summed E-state index contributed by atoms with van der Waals surface area (Å²) in [5.41, 5.74) is 2.94. The van der Waals surface area contributed by atoms with Crippen LogP contribution in [0.15, 0.2) is 75.8 Å². The standard InChI is InChI=1S/C23H19ClN4O4S/c1-13-10-14(2)20-17(11-13)21(23(30)25-20)26-27-22(29)15-6-5-7-16(12-15)33(31,32)28-19-9-4-3-8-18(19)24/h3-12,25,28,30H,1-2H3. The summed E-state index contributed by atoms with van der Waals surface area (Å²) < 4.78 is 27.9. The van der Waals surface area contributed by atoms with Crippen LogP contribution in [0.2, 0.25) is 5.02 Å². The van der Waals surface area contributed by atoms with Gasteiger partial charge in [-0.25, -0.2) is 8.42 Å². The summed E-state index contributed by atoms with van der Waals surface area (Å²) in [6.07, 6.45) is 0. The van der Waals surface area contributed by atoms with E-state index in [0.717, 1.165) is 11.1 Å². The molecule has 4 rings (SSSR count). The van der Waals surface area contributed by atoms with Crippen molar-refractivity contribution < 1.29 is 18.3 Å². The number of rotatable bonds is 5. The normalized spacial score (nSPS) is 11.8. The first kappa shape index (κ1) is 22.5. The number of fused-ring (bicyclic) bond motifs is 1. The lowest BCUT2D eigenvalue weighted by Gasteiger charge is -2.10. The maximum Gasteiger partial charge on any atom is 0.295 e. The van der Waals surface area contributed by atoms with E-state index in [9.17, 15) is 18.3 Å². The van der Waals surface area contributed by atoms with Crippen LogP contribution in [0.25, 0.3) is 10.9 Å². The lowest BCUT2D eigenvalue weighted by atomic mass is 10.1. The molecule has 0 saturated carbocycles. The van der Waals surface area contributed by atoms with Crippen LogP contribution in [0.3, 0.4) is 0 Å². The van der Waals surface area contributed by atoms with Gasteiger partial charge in [0.05, 0.1) is 21.1 Å². The number of H-pyrrole nitrogens is 1. The topological polar surface area (TPSA) is 124 Å². The van der Waals surface area contributed by atoms with E-state index in [1.165, 1.54) is 30.3 Å². The summed E-state index contributed by atoms with van der Waals surface area (Å²) in [6.45, 7) is 3.80. The minimum atomic E-state index is -4.00. The molecule has 0 fully saturated rings. The molecule has 1 amide bonds. The van der Waals surface area contributed by atoms with Gasteiger partial charge in [0.15, 0.2) is 5.69 Å². The molecule has 3 aromatic carbocycles. The average Bonchev–Trinajstić information content (AvgIpc) is 3.09. The zero-order chi connectivity index (χ0) is 23.8. The molecule has 1 heterocycles. The van der Waals surface area contributed by atoms with Gasteiger partial charge in [0.1, 0.15) is 0 Å². The molecule has 0 unspecified atom stereocenters. The van der Waals surface area contributed by atoms with Gasteiger partial charge in [0.25, 0.3) is 15.9 Å². The van der Waals surface area contributed by atoms with Crippen molar-refractivity contribution in [3.63, 3.8) is 0 Å². The SMILES string of the molecule is Cc1cc(C)c2[nH]c(O)c(N=NC(=O)c3cccc(S(=O)(=O)Nc4ccccc4Cl)c3)c2c1. The number of sulfonamides is 1. The second-order valence-corrected chi connectivity index (χ2v) is 9.53. The number of carbonyl (C=O) groups is 1. The Labute approximate surface area is 195 Å². The fourth-order valence-corrected chi connectivity index (χ4v) is 4.79. The fraction of sp³-hybridized carbons (Fsp3) is 0.0870. The van der Waals surface area contributed by atoms with Crippen molar-refractivity contribution in [2.45, 2.75) is 18.7 Å². The molecule has 168 valence electrons. The minimum Gasteiger partial charge on any atom is -0.493 e. The molecule has 0 bridgehead atoms. The third-order valence-electron chi connectivity index (χ3n) is 4.95. The third kappa shape index (κ3) is 4.59. The molecule has 0 spiro atoms. The quantitative estimate of drug-likeness (QED) is 0.308. The van der Waals surface area contributed by atoms with Crippen molar-refractivity contribution >= 4 is 49.8 Å². The van der Waals surface area contributed by atoms with Crippen LogP contribution in [0.5, 0.6) is 5.88 Å². The Morgan fingerprint density at radius 1 is 1.06 bits per heavy atom. The van der Waals surface area contributed by atoms with Crippen molar-refractivity contribution in [2.24, 2.45) is 10.2 Å². The Bertz CT molecular complexity index is 1530. The summed E-state index contributed by atoms with van der Waals surface area (Å²) in [5.74, 6) is -0.974. The molecule has 0 saturated heterocycles. The summed E-state index contributed by atoms with van der Waals surface area (Å²) in [4.78, 5) is 15.3. The van der Waals surface area contributed by atoms with Crippen molar-refractivity contribution in [1.82, 2.24) is 4.98 Å². The first-order chi connectivity index (χ1) is 15.7. The van der Waals surface area contributed by atoms with E-state index < -0.39 is 15.9 Å². The Morgan fingerprint density at radius 2 is 1.82 bits per heavy atom.